The van der Waals surface area contributed by atoms with Crippen molar-refractivity contribution < 1.29 is 28.0 Å². The van der Waals surface area contributed by atoms with Crippen LogP contribution in [0.4, 0.5) is 0 Å². The Kier molecular flexibility index (Phi) is 2.12. The maximum absolute atomic E-state index is 10.7. The van der Waals surface area contributed by atoms with E-state index in [-0.39, 0.29) is 0 Å². The summed E-state index contributed by atoms with van der Waals surface area (Å²) in [7, 11) is -4.52. The van der Waals surface area contributed by atoms with Crippen LogP contribution in [0.25, 0.3) is 0 Å². The number of allylic oxidation sites excluding steroid dienone is 1. The average Bonchev–Trinajstić information content (AvgIpc) is 1.92. The molecule has 0 unspecified atom stereocenters. The minimum atomic E-state index is -4.52. The Labute approximate surface area is 73.6 Å². The van der Waals surface area contributed by atoms with Crippen LogP contribution in [0.5, 0.6) is 0 Å². The monoisotopic (exact) mass is 206 g/mol. The molecule has 6 nitrogen and oxygen atoms in total. The van der Waals surface area contributed by atoms with Crippen LogP contribution in [0, 0.1) is 0 Å². The molecule has 0 fully saturated rings. The van der Waals surface area contributed by atoms with Gasteiger partial charge in [0.2, 0.25) is 11.6 Å². The second-order valence-corrected chi connectivity index (χ2v) is 3.87. The maximum atomic E-state index is 10.7. The number of ketones is 1. The summed E-state index contributed by atoms with van der Waals surface area (Å²) >= 11 is 0. The fourth-order valence-corrected chi connectivity index (χ4v) is 1.31. The van der Waals surface area contributed by atoms with Crippen LogP contribution in [0.2, 0.25) is 0 Å². The Morgan fingerprint density at radius 3 is 2.15 bits per heavy atom. The lowest BCUT2D eigenvalue weighted by Gasteiger charge is -2.17. The van der Waals surface area contributed by atoms with Crippen molar-refractivity contribution in [1.82, 2.24) is 0 Å². The minimum Gasteiger partial charge on any atom is -0.356 e. The molecule has 0 spiro atoms. The second-order valence-electron chi connectivity index (χ2n) is 2.45. The highest BCUT2D eigenvalue weighted by Crippen LogP contribution is 2.18. The maximum Gasteiger partial charge on any atom is 0.294 e. The Morgan fingerprint density at radius 2 is 1.77 bits per heavy atom. The van der Waals surface area contributed by atoms with Crippen molar-refractivity contribution in [3.8, 4) is 0 Å². The molecule has 0 heterocycles. The van der Waals surface area contributed by atoms with Crippen molar-refractivity contribution >= 4 is 15.9 Å². The van der Waals surface area contributed by atoms with Gasteiger partial charge in [-0.2, -0.15) is 8.42 Å². The van der Waals surface area contributed by atoms with Crippen molar-refractivity contribution in [2.45, 2.75) is 5.79 Å². The van der Waals surface area contributed by atoms with Gasteiger partial charge < -0.3 is 10.2 Å². The van der Waals surface area contributed by atoms with E-state index in [1.165, 1.54) is 0 Å². The lowest BCUT2D eigenvalue weighted by molar-refractivity contribution is -0.160. The van der Waals surface area contributed by atoms with Gasteiger partial charge in [0.15, 0.2) is 0 Å². The Bertz CT molecular complexity index is 399. The number of hydrogen-bond acceptors (Lipinski definition) is 5. The number of rotatable bonds is 1. The normalized spacial score (nSPS) is 21.5. The van der Waals surface area contributed by atoms with Crippen molar-refractivity contribution in [1.29, 1.82) is 0 Å². The molecule has 1 aliphatic carbocycles. The molecule has 0 bridgehead atoms. The first-order chi connectivity index (χ1) is 5.73. The van der Waals surface area contributed by atoms with Gasteiger partial charge in [-0.25, -0.2) is 0 Å². The zero-order chi connectivity index (χ0) is 10.3. The molecule has 1 rings (SSSR count). The molecule has 0 aliphatic heterocycles. The molecule has 0 aromatic carbocycles. The fraction of sp³-hybridized carbons (Fsp3) is 0.167. The van der Waals surface area contributed by atoms with E-state index in [9.17, 15) is 13.2 Å². The summed E-state index contributed by atoms with van der Waals surface area (Å²) in [5.74, 6) is -3.93. The molecule has 0 amide bonds. The van der Waals surface area contributed by atoms with Gasteiger partial charge in [-0.05, 0) is 12.2 Å². The molecule has 7 heteroatoms. The Morgan fingerprint density at radius 1 is 1.23 bits per heavy atom. The molecule has 0 aromatic rings. The summed E-state index contributed by atoms with van der Waals surface area (Å²) in [6.07, 6.45) is 1.79. The van der Waals surface area contributed by atoms with Crippen LogP contribution in [0.1, 0.15) is 0 Å². The van der Waals surface area contributed by atoms with E-state index in [0.29, 0.717) is 12.2 Å². The average molecular weight is 206 g/mol. The van der Waals surface area contributed by atoms with Crippen LogP contribution in [-0.4, -0.2) is 34.8 Å². The topological polar surface area (TPSA) is 112 Å². The Balaban J connectivity index is 3.22. The molecule has 3 N–H and O–H groups in total. The van der Waals surface area contributed by atoms with Gasteiger partial charge in [-0.15, -0.1) is 0 Å². The van der Waals surface area contributed by atoms with Crippen molar-refractivity contribution in [2.24, 2.45) is 0 Å². The van der Waals surface area contributed by atoms with Crippen LogP contribution in [0.3, 0.4) is 0 Å². The van der Waals surface area contributed by atoms with Crippen molar-refractivity contribution in [3.05, 3.63) is 23.1 Å². The third-order valence-corrected chi connectivity index (χ3v) is 2.25. The first-order valence-electron chi connectivity index (χ1n) is 3.11. The molecule has 0 atom stereocenters. The van der Waals surface area contributed by atoms with Gasteiger partial charge in [0, 0.05) is 6.08 Å². The largest absolute Gasteiger partial charge is 0.356 e. The first kappa shape index (κ1) is 10.1. The van der Waals surface area contributed by atoms with Crippen LogP contribution >= 0.6 is 0 Å². The standard InChI is InChI=1S/C6H6O6S/c7-5-2-1-4(13(10,11)12)3-6(5,8)9/h1-3,8-9H,(H,10,11,12). The molecule has 0 saturated heterocycles. The zero-order valence-corrected chi connectivity index (χ0v) is 7.02. The lowest BCUT2D eigenvalue weighted by atomic mass is 10.1. The molecule has 72 valence electrons. The number of hydrogen-bond donors (Lipinski definition) is 3. The predicted molar refractivity (Wildman–Crippen MR) is 40.9 cm³/mol. The summed E-state index contributed by atoms with van der Waals surface area (Å²) in [5.41, 5.74) is 0. The van der Waals surface area contributed by atoms with E-state index in [1.54, 1.807) is 0 Å². The second kappa shape index (κ2) is 2.74. The van der Waals surface area contributed by atoms with Crippen LogP contribution in [0.15, 0.2) is 23.1 Å². The van der Waals surface area contributed by atoms with Gasteiger partial charge in [-0.3, -0.25) is 9.35 Å². The van der Waals surface area contributed by atoms with E-state index in [4.69, 9.17) is 14.8 Å². The molecular weight excluding hydrogens is 200 g/mol. The number of carbonyl (C=O) groups is 1. The molecule has 1 aliphatic rings. The molecule has 0 aromatic heterocycles. The van der Waals surface area contributed by atoms with Crippen LogP contribution < -0.4 is 0 Å². The quantitative estimate of drug-likeness (QED) is 0.358. The van der Waals surface area contributed by atoms with E-state index in [2.05, 4.69) is 0 Å². The lowest BCUT2D eigenvalue weighted by Crippen LogP contribution is -2.37. The highest BCUT2D eigenvalue weighted by atomic mass is 32.2. The molecule has 0 radical (unpaired) electrons. The van der Waals surface area contributed by atoms with E-state index in [1.807, 2.05) is 0 Å². The van der Waals surface area contributed by atoms with Crippen molar-refractivity contribution in [2.75, 3.05) is 0 Å². The van der Waals surface area contributed by atoms with Gasteiger partial charge in [0.1, 0.15) is 0 Å². The fourth-order valence-electron chi connectivity index (χ4n) is 0.759. The number of carbonyl (C=O) groups excluding carboxylic acids is 1. The highest BCUT2D eigenvalue weighted by molar-refractivity contribution is 7.90. The Hall–Kier alpha value is -1.02. The van der Waals surface area contributed by atoms with Gasteiger partial charge >= 0.3 is 0 Å². The SMILES string of the molecule is O=C1C=CC(S(=O)(=O)O)=CC1(O)O. The van der Waals surface area contributed by atoms with Gasteiger partial charge in [-0.1, -0.05) is 0 Å². The zero-order valence-electron chi connectivity index (χ0n) is 6.21. The minimum absolute atomic E-state index is 0.352. The van der Waals surface area contributed by atoms with Crippen LogP contribution in [-0.2, 0) is 14.9 Å². The van der Waals surface area contributed by atoms with E-state index < -0.39 is 26.6 Å². The van der Waals surface area contributed by atoms with Crippen molar-refractivity contribution in [3.63, 3.8) is 0 Å². The summed E-state index contributed by atoms with van der Waals surface area (Å²) < 4.78 is 29.4. The number of aliphatic hydroxyl groups is 2. The van der Waals surface area contributed by atoms with Gasteiger partial charge in [0.25, 0.3) is 10.1 Å². The van der Waals surface area contributed by atoms with Gasteiger partial charge in [0.05, 0.1) is 4.91 Å². The predicted octanol–water partition coefficient (Wildman–Crippen LogP) is -1.42. The summed E-state index contributed by atoms with van der Waals surface area (Å²) in [6, 6.07) is 0. The molecule has 13 heavy (non-hydrogen) atoms. The van der Waals surface area contributed by atoms with E-state index in [0.717, 1.165) is 6.08 Å². The third kappa shape index (κ3) is 2.01. The third-order valence-electron chi connectivity index (χ3n) is 1.40. The summed E-state index contributed by atoms with van der Waals surface area (Å²) in [5, 5.41) is 17.8. The summed E-state index contributed by atoms with van der Waals surface area (Å²) in [4.78, 5) is 9.96. The highest BCUT2D eigenvalue weighted by Gasteiger charge is 2.34. The van der Waals surface area contributed by atoms with E-state index >= 15 is 0 Å². The first-order valence-corrected chi connectivity index (χ1v) is 4.55. The smallest absolute Gasteiger partial charge is 0.294 e. The summed E-state index contributed by atoms with van der Waals surface area (Å²) in [6.45, 7) is 0. The molecule has 0 saturated carbocycles. The molecular formula is C6H6O6S.